The summed E-state index contributed by atoms with van der Waals surface area (Å²) in [5.74, 6) is -0.131. The van der Waals surface area contributed by atoms with Gasteiger partial charge in [0.15, 0.2) is 0 Å². The van der Waals surface area contributed by atoms with Gasteiger partial charge in [-0.3, -0.25) is 4.79 Å². The average Bonchev–Trinajstić information content (AvgIpc) is 2.46. The van der Waals surface area contributed by atoms with Gasteiger partial charge < -0.3 is 5.32 Å². The molecular formula is C17H11Br2NO. The Bertz CT molecular complexity index is 804. The molecule has 0 aromatic heterocycles. The molecule has 0 aliphatic carbocycles. The lowest BCUT2D eigenvalue weighted by atomic mass is 10.1. The molecule has 0 unspecified atom stereocenters. The lowest BCUT2D eigenvalue weighted by molar-refractivity contribution is 0.102. The smallest absolute Gasteiger partial charge is 0.255 e. The van der Waals surface area contributed by atoms with Crippen molar-refractivity contribution in [3.05, 3.63) is 75.2 Å². The van der Waals surface area contributed by atoms with Crippen LogP contribution in [0.25, 0.3) is 10.8 Å². The molecule has 3 aromatic carbocycles. The number of rotatable bonds is 2. The van der Waals surface area contributed by atoms with Gasteiger partial charge in [-0.15, -0.1) is 0 Å². The largest absolute Gasteiger partial charge is 0.321 e. The van der Waals surface area contributed by atoms with Gasteiger partial charge in [0.05, 0.1) is 0 Å². The first-order chi connectivity index (χ1) is 10.1. The van der Waals surface area contributed by atoms with Crippen molar-refractivity contribution in [1.29, 1.82) is 0 Å². The number of hydrogen-bond acceptors (Lipinski definition) is 1. The van der Waals surface area contributed by atoms with E-state index in [-0.39, 0.29) is 5.91 Å². The Hall–Kier alpha value is -1.65. The van der Waals surface area contributed by atoms with E-state index in [1.807, 2.05) is 48.5 Å². The standard InChI is InChI=1S/C17H11Br2NO/c18-13-8-12(9-14(19)10-13)17(21)20-16-7-3-5-11-4-1-2-6-15(11)16/h1-10H,(H,20,21). The van der Waals surface area contributed by atoms with Crippen molar-refractivity contribution < 1.29 is 4.79 Å². The SMILES string of the molecule is O=C(Nc1cccc2ccccc12)c1cc(Br)cc(Br)c1. The van der Waals surface area contributed by atoms with E-state index in [2.05, 4.69) is 37.2 Å². The molecule has 21 heavy (non-hydrogen) atoms. The normalized spacial score (nSPS) is 10.6. The van der Waals surface area contributed by atoms with Crippen LogP contribution in [0, 0.1) is 0 Å². The molecule has 104 valence electrons. The van der Waals surface area contributed by atoms with Gasteiger partial charge in [-0.2, -0.15) is 0 Å². The minimum atomic E-state index is -0.131. The summed E-state index contributed by atoms with van der Waals surface area (Å²) >= 11 is 6.79. The Morgan fingerprint density at radius 2 is 1.52 bits per heavy atom. The molecule has 1 amide bonds. The number of amides is 1. The van der Waals surface area contributed by atoms with Crippen molar-refractivity contribution in [3.8, 4) is 0 Å². The van der Waals surface area contributed by atoms with Gasteiger partial charge in [-0.05, 0) is 29.7 Å². The number of halogens is 2. The van der Waals surface area contributed by atoms with Crippen molar-refractivity contribution in [2.24, 2.45) is 0 Å². The molecule has 1 N–H and O–H groups in total. The second-order valence-electron chi connectivity index (χ2n) is 4.64. The van der Waals surface area contributed by atoms with Gasteiger partial charge in [-0.1, -0.05) is 68.3 Å². The van der Waals surface area contributed by atoms with Crippen LogP contribution in [0.5, 0.6) is 0 Å². The summed E-state index contributed by atoms with van der Waals surface area (Å²) in [5.41, 5.74) is 1.42. The third-order valence-corrected chi connectivity index (χ3v) is 4.08. The van der Waals surface area contributed by atoms with Crippen LogP contribution in [0.15, 0.2) is 69.6 Å². The molecule has 0 saturated heterocycles. The molecule has 3 rings (SSSR count). The Morgan fingerprint density at radius 3 is 2.29 bits per heavy atom. The summed E-state index contributed by atoms with van der Waals surface area (Å²) in [6.07, 6.45) is 0. The number of carbonyl (C=O) groups excluding carboxylic acids is 1. The van der Waals surface area contributed by atoms with Gasteiger partial charge >= 0.3 is 0 Å². The number of nitrogens with one attached hydrogen (secondary N) is 1. The molecule has 0 fully saturated rings. The molecular weight excluding hydrogens is 394 g/mol. The van der Waals surface area contributed by atoms with Crippen LogP contribution in [0.4, 0.5) is 5.69 Å². The lowest BCUT2D eigenvalue weighted by Gasteiger charge is -2.09. The Morgan fingerprint density at radius 1 is 0.857 bits per heavy atom. The minimum Gasteiger partial charge on any atom is -0.321 e. The van der Waals surface area contributed by atoms with E-state index in [0.29, 0.717) is 5.56 Å². The first kappa shape index (κ1) is 14.3. The maximum absolute atomic E-state index is 12.4. The van der Waals surface area contributed by atoms with Crippen molar-refractivity contribution in [2.75, 3.05) is 5.32 Å². The second kappa shape index (κ2) is 6.00. The summed E-state index contributed by atoms with van der Waals surface area (Å²) in [6.45, 7) is 0. The van der Waals surface area contributed by atoms with E-state index in [9.17, 15) is 4.79 Å². The fraction of sp³-hybridized carbons (Fsp3) is 0. The van der Waals surface area contributed by atoms with E-state index >= 15 is 0 Å². The fourth-order valence-electron chi connectivity index (χ4n) is 2.21. The Labute approximate surface area is 139 Å². The van der Waals surface area contributed by atoms with Crippen LogP contribution in [0.1, 0.15) is 10.4 Å². The molecule has 0 atom stereocenters. The van der Waals surface area contributed by atoms with Crippen molar-refractivity contribution in [1.82, 2.24) is 0 Å². The van der Waals surface area contributed by atoms with E-state index < -0.39 is 0 Å². The topological polar surface area (TPSA) is 29.1 Å². The van der Waals surface area contributed by atoms with Crippen molar-refractivity contribution >= 4 is 54.2 Å². The predicted octanol–water partition coefficient (Wildman–Crippen LogP) is 5.62. The van der Waals surface area contributed by atoms with Gasteiger partial charge in [0.25, 0.3) is 5.91 Å². The summed E-state index contributed by atoms with van der Waals surface area (Å²) in [7, 11) is 0. The zero-order valence-electron chi connectivity index (χ0n) is 10.9. The lowest BCUT2D eigenvalue weighted by Crippen LogP contribution is -2.12. The molecule has 4 heteroatoms. The van der Waals surface area contributed by atoms with Crippen LogP contribution in [-0.2, 0) is 0 Å². The van der Waals surface area contributed by atoms with E-state index in [1.165, 1.54) is 0 Å². The highest BCUT2D eigenvalue weighted by Crippen LogP contribution is 2.25. The summed E-state index contributed by atoms with van der Waals surface area (Å²) in [4.78, 5) is 12.4. The van der Waals surface area contributed by atoms with Crippen LogP contribution in [0.2, 0.25) is 0 Å². The van der Waals surface area contributed by atoms with Gasteiger partial charge in [0.1, 0.15) is 0 Å². The zero-order chi connectivity index (χ0) is 14.8. The number of hydrogen-bond donors (Lipinski definition) is 1. The third kappa shape index (κ3) is 3.17. The minimum absolute atomic E-state index is 0.131. The Balaban J connectivity index is 1.96. The molecule has 0 spiro atoms. The molecule has 0 heterocycles. The molecule has 2 nitrogen and oxygen atoms in total. The predicted molar refractivity (Wildman–Crippen MR) is 93.7 cm³/mol. The van der Waals surface area contributed by atoms with Crippen molar-refractivity contribution in [2.45, 2.75) is 0 Å². The number of carbonyl (C=O) groups is 1. The maximum atomic E-state index is 12.4. The maximum Gasteiger partial charge on any atom is 0.255 e. The molecule has 0 aliphatic rings. The second-order valence-corrected chi connectivity index (χ2v) is 6.47. The number of benzene rings is 3. The van der Waals surface area contributed by atoms with Crippen LogP contribution >= 0.6 is 31.9 Å². The highest BCUT2D eigenvalue weighted by Gasteiger charge is 2.09. The fourth-order valence-corrected chi connectivity index (χ4v) is 3.51. The molecule has 0 radical (unpaired) electrons. The first-order valence-electron chi connectivity index (χ1n) is 6.39. The van der Waals surface area contributed by atoms with E-state index in [0.717, 1.165) is 25.4 Å². The number of anilines is 1. The molecule has 0 bridgehead atoms. The van der Waals surface area contributed by atoms with Gasteiger partial charge in [-0.25, -0.2) is 0 Å². The summed E-state index contributed by atoms with van der Waals surface area (Å²) < 4.78 is 1.72. The molecule has 0 aliphatic heterocycles. The van der Waals surface area contributed by atoms with E-state index in [4.69, 9.17) is 0 Å². The van der Waals surface area contributed by atoms with E-state index in [1.54, 1.807) is 12.1 Å². The van der Waals surface area contributed by atoms with Gasteiger partial charge in [0, 0.05) is 25.6 Å². The average molecular weight is 405 g/mol. The van der Waals surface area contributed by atoms with Crippen LogP contribution in [0.3, 0.4) is 0 Å². The molecule has 0 saturated carbocycles. The molecule has 3 aromatic rings. The Kier molecular flexibility index (Phi) is 4.08. The highest BCUT2D eigenvalue weighted by atomic mass is 79.9. The first-order valence-corrected chi connectivity index (χ1v) is 7.97. The summed E-state index contributed by atoms with van der Waals surface area (Å²) in [5, 5.41) is 5.11. The summed E-state index contributed by atoms with van der Waals surface area (Å²) in [6, 6.07) is 19.4. The number of fused-ring (bicyclic) bond motifs is 1. The zero-order valence-corrected chi connectivity index (χ0v) is 14.1. The van der Waals surface area contributed by atoms with Gasteiger partial charge in [0.2, 0.25) is 0 Å². The highest BCUT2D eigenvalue weighted by molar-refractivity contribution is 9.11. The van der Waals surface area contributed by atoms with Crippen LogP contribution in [-0.4, -0.2) is 5.91 Å². The third-order valence-electron chi connectivity index (χ3n) is 3.16. The monoisotopic (exact) mass is 403 g/mol. The van der Waals surface area contributed by atoms with Crippen LogP contribution < -0.4 is 5.32 Å². The van der Waals surface area contributed by atoms with Crippen molar-refractivity contribution in [3.63, 3.8) is 0 Å². The quantitative estimate of drug-likeness (QED) is 0.590.